The molecule has 0 atom stereocenters. The zero-order chi connectivity index (χ0) is 28.0. The Morgan fingerprint density at radius 1 is 0.838 bits per heavy atom. The number of hydrogen-bond acceptors (Lipinski definition) is 4. The van der Waals surface area contributed by atoms with Gasteiger partial charge < -0.3 is 4.98 Å². The second-order valence-electron chi connectivity index (χ2n) is 7.25. The van der Waals surface area contributed by atoms with Crippen molar-refractivity contribution in [3.8, 4) is 11.4 Å². The lowest BCUT2D eigenvalue weighted by Gasteiger charge is -2.17. The number of nitrogens with one attached hydrogen (secondary N) is 2. The number of aromatic nitrogens is 2. The van der Waals surface area contributed by atoms with Gasteiger partial charge in [0.15, 0.2) is 5.69 Å². The lowest BCUT2D eigenvalue weighted by atomic mass is 10.0. The molecule has 0 spiro atoms. The van der Waals surface area contributed by atoms with Crippen LogP contribution in [0.3, 0.4) is 0 Å². The van der Waals surface area contributed by atoms with Gasteiger partial charge in [-0.3, -0.25) is 4.79 Å². The second-order valence-corrected chi connectivity index (χ2v) is 8.99. The molecule has 0 amide bonds. The Kier molecular flexibility index (Phi) is 7.17. The third-order valence-corrected chi connectivity index (χ3v) is 6.19. The standard InChI is InChI=1S/C20H11F10N3O3S/c21-16-9(8-31-37(35,36)12-4-2-1-3-10(12)18(22,23)24)5-6-11(19(25,26)27)15(16)17-32-13(20(28,29)30)7-14(34)33-17/h1-7,31H,8H2,(H,32,33,34). The monoisotopic (exact) mass is 563 g/mol. The first-order chi connectivity index (χ1) is 16.8. The van der Waals surface area contributed by atoms with E-state index in [1.165, 1.54) is 0 Å². The van der Waals surface area contributed by atoms with E-state index in [2.05, 4.69) is 4.98 Å². The molecule has 2 N–H and O–H groups in total. The van der Waals surface area contributed by atoms with Crippen LogP contribution in [0.5, 0.6) is 0 Å². The minimum absolute atomic E-state index is 0.0786. The topological polar surface area (TPSA) is 91.9 Å². The predicted molar refractivity (Wildman–Crippen MR) is 106 cm³/mol. The number of nitrogens with zero attached hydrogens (tertiary/aromatic N) is 1. The van der Waals surface area contributed by atoms with Crippen molar-refractivity contribution >= 4 is 10.0 Å². The number of rotatable bonds is 5. The molecular formula is C20H11F10N3O3S. The van der Waals surface area contributed by atoms with Gasteiger partial charge in [0.1, 0.15) is 11.6 Å². The molecule has 0 aliphatic rings. The fraction of sp³-hybridized carbons (Fsp3) is 0.200. The van der Waals surface area contributed by atoms with Crippen molar-refractivity contribution in [2.75, 3.05) is 0 Å². The highest BCUT2D eigenvalue weighted by Gasteiger charge is 2.39. The molecule has 0 saturated carbocycles. The number of halogens is 10. The lowest BCUT2D eigenvalue weighted by molar-refractivity contribution is -0.141. The van der Waals surface area contributed by atoms with E-state index in [1.54, 1.807) is 9.71 Å². The van der Waals surface area contributed by atoms with Crippen molar-refractivity contribution in [1.82, 2.24) is 14.7 Å². The molecule has 0 fully saturated rings. The van der Waals surface area contributed by atoms with Crippen molar-refractivity contribution in [3.63, 3.8) is 0 Å². The second kappa shape index (κ2) is 9.44. The van der Waals surface area contributed by atoms with Crippen LogP contribution >= 0.6 is 0 Å². The highest BCUT2D eigenvalue weighted by atomic mass is 32.2. The minimum Gasteiger partial charge on any atom is -0.306 e. The third kappa shape index (κ3) is 6.10. The van der Waals surface area contributed by atoms with E-state index in [-0.39, 0.29) is 12.1 Å². The summed E-state index contributed by atoms with van der Waals surface area (Å²) in [6.07, 6.45) is -15.8. The average molecular weight is 563 g/mol. The molecule has 17 heteroatoms. The van der Waals surface area contributed by atoms with Gasteiger partial charge in [-0.25, -0.2) is 22.5 Å². The van der Waals surface area contributed by atoms with E-state index in [0.717, 1.165) is 12.1 Å². The zero-order valence-corrected chi connectivity index (χ0v) is 18.4. The van der Waals surface area contributed by atoms with Gasteiger partial charge in [0, 0.05) is 18.2 Å². The summed E-state index contributed by atoms with van der Waals surface area (Å²) in [5.41, 5.74) is -9.49. The summed E-state index contributed by atoms with van der Waals surface area (Å²) in [6.45, 7) is -1.21. The molecule has 0 saturated heterocycles. The molecule has 200 valence electrons. The van der Waals surface area contributed by atoms with Gasteiger partial charge in [0.05, 0.1) is 21.6 Å². The molecule has 0 radical (unpaired) electrons. The Balaban J connectivity index is 2.12. The maximum Gasteiger partial charge on any atom is 0.433 e. The summed E-state index contributed by atoms with van der Waals surface area (Å²) < 4.78 is 161. The number of benzene rings is 2. The van der Waals surface area contributed by atoms with Crippen molar-refractivity contribution in [3.05, 3.63) is 81.0 Å². The van der Waals surface area contributed by atoms with Crippen LogP contribution in [-0.2, 0) is 35.1 Å². The molecule has 1 heterocycles. The largest absolute Gasteiger partial charge is 0.433 e. The van der Waals surface area contributed by atoms with Crippen LogP contribution in [0.1, 0.15) is 22.4 Å². The zero-order valence-electron chi connectivity index (χ0n) is 17.6. The summed E-state index contributed by atoms with van der Waals surface area (Å²) in [7, 11) is -5.02. The van der Waals surface area contributed by atoms with Crippen LogP contribution in [0.2, 0.25) is 0 Å². The van der Waals surface area contributed by atoms with Gasteiger partial charge >= 0.3 is 18.5 Å². The van der Waals surface area contributed by atoms with Gasteiger partial charge in [-0.05, 0) is 18.2 Å². The molecule has 3 rings (SSSR count). The molecule has 3 aromatic rings. The summed E-state index contributed by atoms with van der Waals surface area (Å²) in [5.74, 6) is -3.39. The predicted octanol–water partition coefficient (Wildman–Crippen LogP) is 5.11. The van der Waals surface area contributed by atoms with Crippen molar-refractivity contribution in [2.24, 2.45) is 0 Å². The Labute approximate surface area is 200 Å². The first kappa shape index (κ1) is 28.1. The van der Waals surface area contributed by atoms with Crippen LogP contribution in [0.25, 0.3) is 11.4 Å². The first-order valence-electron chi connectivity index (χ1n) is 9.56. The number of alkyl halides is 9. The molecule has 0 bridgehead atoms. The summed E-state index contributed by atoms with van der Waals surface area (Å²) >= 11 is 0. The molecule has 2 aromatic carbocycles. The Hall–Kier alpha value is -3.47. The maximum absolute atomic E-state index is 15.2. The molecule has 1 aromatic heterocycles. The summed E-state index contributed by atoms with van der Waals surface area (Å²) in [6, 6.07) is 3.41. The van der Waals surface area contributed by atoms with Crippen molar-refractivity contribution < 1.29 is 52.3 Å². The number of sulfonamides is 1. The average Bonchev–Trinajstić information content (AvgIpc) is 2.75. The fourth-order valence-corrected chi connectivity index (χ4v) is 4.36. The molecule has 6 nitrogen and oxygen atoms in total. The quantitative estimate of drug-likeness (QED) is 0.422. The first-order valence-corrected chi connectivity index (χ1v) is 11.0. The lowest BCUT2D eigenvalue weighted by Crippen LogP contribution is -2.27. The number of H-pyrrole nitrogens is 1. The Morgan fingerprint density at radius 2 is 1.43 bits per heavy atom. The molecule has 37 heavy (non-hydrogen) atoms. The summed E-state index contributed by atoms with van der Waals surface area (Å²) in [5, 5.41) is 0. The fourth-order valence-electron chi connectivity index (χ4n) is 3.13. The molecular weight excluding hydrogens is 552 g/mol. The van der Waals surface area contributed by atoms with E-state index >= 15 is 4.39 Å². The van der Waals surface area contributed by atoms with E-state index in [4.69, 9.17) is 0 Å². The Morgan fingerprint density at radius 3 is 2.00 bits per heavy atom. The molecule has 0 unspecified atom stereocenters. The Bertz CT molecular complexity index is 1490. The van der Waals surface area contributed by atoms with Crippen LogP contribution < -0.4 is 10.3 Å². The minimum atomic E-state index is -5.37. The van der Waals surface area contributed by atoms with Crippen LogP contribution in [0, 0.1) is 5.82 Å². The van der Waals surface area contributed by atoms with Gasteiger partial charge in [0.25, 0.3) is 5.56 Å². The van der Waals surface area contributed by atoms with E-state index in [9.17, 15) is 52.7 Å². The van der Waals surface area contributed by atoms with Gasteiger partial charge in [-0.15, -0.1) is 0 Å². The van der Waals surface area contributed by atoms with Gasteiger partial charge in [-0.1, -0.05) is 18.2 Å². The maximum atomic E-state index is 15.2. The van der Waals surface area contributed by atoms with E-state index < -0.39 is 85.1 Å². The van der Waals surface area contributed by atoms with Crippen LogP contribution in [0.15, 0.2) is 52.2 Å². The van der Waals surface area contributed by atoms with E-state index in [1.807, 2.05) is 0 Å². The smallest absolute Gasteiger partial charge is 0.306 e. The van der Waals surface area contributed by atoms with Crippen molar-refractivity contribution in [1.29, 1.82) is 0 Å². The number of hydrogen-bond donors (Lipinski definition) is 2. The van der Waals surface area contributed by atoms with Gasteiger partial charge in [-0.2, -0.15) is 39.5 Å². The third-order valence-electron chi connectivity index (χ3n) is 4.73. The molecule has 0 aliphatic heterocycles. The highest BCUT2D eigenvalue weighted by molar-refractivity contribution is 7.89. The van der Waals surface area contributed by atoms with Crippen LogP contribution in [-0.4, -0.2) is 18.4 Å². The van der Waals surface area contributed by atoms with Crippen molar-refractivity contribution in [2.45, 2.75) is 30.0 Å². The van der Waals surface area contributed by atoms with E-state index in [0.29, 0.717) is 18.2 Å². The van der Waals surface area contributed by atoms with Gasteiger partial charge in [0.2, 0.25) is 10.0 Å². The summed E-state index contributed by atoms with van der Waals surface area (Å²) in [4.78, 5) is 14.8. The molecule has 0 aliphatic carbocycles. The number of aromatic amines is 1. The normalized spacial score (nSPS) is 13.1. The SMILES string of the molecule is O=c1cc(C(F)(F)F)nc(-c2c(C(F)(F)F)ccc(CNS(=O)(=O)c3ccccc3C(F)(F)F)c2F)[nH]1. The highest BCUT2D eigenvalue weighted by Crippen LogP contribution is 2.39. The van der Waals surface area contributed by atoms with Crippen LogP contribution in [0.4, 0.5) is 43.9 Å².